The van der Waals surface area contributed by atoms with Gasteiger partial charge in [-0.3, -0.25) is 14.2 Å². The molecule has 4 aromatic rings. The van der Waals surface area contributed by atoms with Crippen molar-refractivity contribution in [2.75, 3.05) is 43.4 Å². The Hall–Kier alpha value is -3.92. The second-order valence-corrected chi connectivity index (χ2v) is 11.4. The molecule has 1 unspecified atom stereocenters. The van der Waals surface area contributed by atoms with E-state index in [-0.39, 0.29) is 11.5 Å². The highest BCUT2D eigenvalue weighted by molar-refractivity contribution is 7.07. The number of likely N-dealkylation sites (N-methyl/N-ethyl adjacent to an activating group) is 1. The van der Waals surface area contributed by atoms with Crippen molar-refractivity contribution < 1.29 is 9.21 Å². The van der Waals surface area contributed by atoms with Crippen LogP contribution in [0.3, 0.4) is 0 Å². The highest BCUT2D eigenvalue weighted by Crippen LogP contribution is 2.31. The topological polar surface area (TPSA) is 83.1 Å². The number of carbonyl (C=O) groups is 1. The molecule has 1 N–H and O–H groups in total. The zero-order valence-corrected chi connectivity index (χ0v) is 23.7. The lowest BCUT2D eigenvalue weighted by Crippen LogP contribution is -2.44. The predicted octanol–water partition coefficient (Wildman–Crippen LogP) is 3.87. The number of rotatable bonds is 5. The molecule has 0 saturated carbocycles. The van der Waals surface area contributed by atoms with Crippen molar-refractivity contribution in [3.05, 3.63) is 114 Å². The first-order chi connectivity index (χ1) is 19.4. The normalized spacial score (nSPS) is 18.0. The third-order valence-electron chi connectivity index (χ3n) is 7.18. The molecule has 2 aromatic heterocycles. The van der Waals surface area contributed by atoms with E-state index < -0.39 is 6.04 Å². The van der Waals surface area contributed by atoms with Crippen molar-refractivity contribution in [3.8, 4) is 0 Å². The largest absolute Gasteiger partial charge is 0.441 e. The minimum absolute atomic E-state index is 0.237. The number of amides is 1. The molecule has 2 aromatic carbocycles. The molecule has 2 aliphatic heterocycles. The molecule has 0 aliphatic carbocycles. The number of anilines is 2. The van der Waals surface area contributed by atoms with Gasteiger partial charge >= 0.3 is 0 Å². The Morgan fingerprint density at radius 3 is 2.50 bits per heavy atom. The first-order valence-electron chi connectivity index (χ1n) is 13.0. The van der Waals surface area contributed by atoms with Gasteiger partial charge in [-0.2, -0.15) is 0 Å². The van der Waals surface area contributed by atoms with Crippen molar-refractivity contribution >= 4 is 46.5 Å². The summed E-state index contributed by atoms with van der Waals surface area (Å²) in [7, 11) is 2.11. The van der Waals surface area contributed by atoms with Gasteiger partial charge in [0.25, 0.3) is 11.5 Å². The highest BCUT2D eigenvalue weighted by Gasteiger charge is 2.32. The fourth-order valence-electron chi connectivity index (χ4n) is 5.04. The number of para-hydroxylation sites is 1. The average molecular weight is 574 g/mol. The molecule has 0 bridgehead atoms. The quantitative estimate of drug-likeness (QED) is 0.392. The second kappa shape index (κ2) is 10.9. The standard InChI is InChI=1S/C30H28ClN5O3S/c1-19-26(28(37)33-22-6-4-3-5-7-22)27(20-8-10-21(31)11-9-20)36-29(38)24(40-30(36)32-19)18-23-12-13-25(39-23)35-16-14-34(2)15-17-35/h3-13,18,27H,14-17H2,1-2H3,(H,33,37). The van der Waals surface area contributed by atoms with Crippen LogP contribution in [0.1, 0.15) is 24.3 Å². The Labute approximate surface area is 240 Å². The van der Waals surface area contributed by atoms with Crippen LogP contribution in [0.15, 0.2) is 92.2 Å². The molecule has 6 rings (SSSR count). The maximum Gasteiger partial charge on any atom is 0.271 e. The smallest absolute Gasteiger partial charge is 0.271 e. The number of carbonyl (C=O) groups excluding carboxylic acids is 1. The number of hydrogen-bond acceptors (Lipinski definition) is 7. The van der Waals surface area contributed by atoms with Crippen molar-refractivity contribution in [1.82, 2.24) is 9.47 Å². The van der Waals surface area contributed by atoms with Crippen LogP contribution in [0.2, 0.25) is 5.02 Å². The van der Waals surface area contributed by atoms with Gasteiger partial charge < -0.3 is 19.5 Å². The predicted molar refractivity (Wildman–Crippen MR) is 159 cm³/mol. The molecular weight excluding hydrogens is 546 g/mol. The Kier molecular flexibility index (Phi) is 7.18. The number of allylic oxidation sites excluding steroid dienone is 1. The number of aromatic nitrogens is 1. The van der Waals surface area contributed by atoms with Gasteiger partial charge in [0, 0.05) is 49.0 Å². The molecule has 1 atom stereocenters. The molecule has 0 radical (unpaired) electrons. The maximum atomic E-state index is 13.9. The SMILES string of the molecule is CC1=C(C(=O)Nc2ccccc2)C(c2ccc(Cl)cc2)n2c(sc(=Cc3ccc(N4CCN(C)CC4)o3)c2=O)=N1. The monoisotopic (exact) mass is 573 g/mol. The Morgan fingerprint density at radius 2 is 1.77 bits per heavy atom. The number of hydrogen-bond donors (Lipinski definition) is 1. The summed E-state index contributed by atoms with van der Waals surface area (Å²) in [6, 6.07) is 19.6. The van der Waals surface area contributed by atoms with Crippen LogP contribution in [0, 0.1) is 0 Å². The fraction of sp³-hybridized carbons (Fsp3) is 0.233. The minimum atomic E-state index is -0.670. The summed E-state index contributed by atoms with van der Waals surface area (Å²) < 4.78 is 8.19. The summed E-state index contributed by atoms with van der Waals surface area (Å²) >= 11 is 7.46. The van der Waals surface area contributed by atoms with Gasteiger partial charge in [-0.1, -0.05) is 53.3 Å². The first kappa shape index (κ1) is 26.3. The zero-order valence-electron chi connectivity index (χ0n) is 22.1. The van der Waals surface area contributed by atoms with Crippen molar-refractivity contribution in [3.63, 3.8) is 0 Å². The first-order valence-corrected chi connectivity index (χ1v) is 14.2. The van der Waals surface area contributed by atoms with E-state index in [2.05, 4.69) is 22.2 Å². The fourth-order valence-corrected chi connectivity index (χ4v) is 6.19. The number of piperazine rings is 1. The zero-order chi connectivity index (χ0) is 27.8. The van der Waals surface area contributed by atoms with Crippen LogP contribution >= 0.6 is 22.9 Å². The Balaban J connectivity index is 1.41. The molecule has 0 spiro atoms. The third kappa shape index (κ3) is 5.15. The Morgan fingerprint density at radius 1 is 1.05 bits per heavy atom. The summed E-state index contributed by atoms with van der Waals surface area (Å²) in [5, 5.41) is 3.53. The third-order valence-corrected chi connectivity index (χ3v) is 8.42. The van der Waals surface area contributed by atoms with Crippen molar-refractivity contribution in [2.24, 2.45) is 4.99 Å². The van der Waals surface area contributed by atoms with Crippen LogP contribution in [-0.2, 0) is 4.79 Å². The molecule has 1 amide bonds. The number of nitrogens with one attached hydrogen (secondary N) is 1. The molecular formula is C30H28ClN5O3S. The summed E-state index contributed by atoms with van der Waals surface area (Å²) in [6.45, 7) is 5.52. The van der Waals surface area contributed by atoms with E-state index in [0.29, 0.717) is 37.1 Å². The van der Waals surface area contributed by atoms with E-state index in [1.54, 1.807) is 29.7 Å². The summed E-state index contributed by atoms with van der Waals surface area (Å²) in [4.78, 5) is 37.2. The molecule has 40 heavy (non-hydrogen) atoms. The van der Waals surface area contributed by atoms with Crippen LogP contribution in [0.4, 0.5) is 11.6 Å². The van der Waals surface area contributed by atoms with E-state index >= 15 is 0 Å². The molecule has 1 saturated heterocycles. The van der Waals surface area contributed by atoms with E-state index in [1.807, 2.05) is 54.6 Å². The molecule has 8 nitrogen and oxygen atoms in total. The number of halogens is 1. The van der Waals surface area contributed by atoms with Gasteiger partial charge in [0.1, 0.15) is 5.76 Å². The maximum absolute atomic E-state index is 13.9. The van der Waals surface area contributed by atoms with E-state index in [0.717, 1.165) is 37.6 Å². The number of thiazole rings is 1. The summed E-state index contributed by atoms with van der Waals surface area (Å²) in [5.74, 6) is 1.08. The average Bonchev–Trinajstić information content (AvgIpc) is 3.53. The molecule has 204 valence electrons. The molecule has 2 aliphatic rings. The Bertz CT molecular complexity index is 1760. The lowest BCUT2D eigenvalue weighted by molar-refractivity contribution is -0.113. The molecule has 1 fully saturated rings. The van der Waals surface area contributed by atoms with E-state index in [9.17, 15) is 9.59 Å². The van der Waals surface area contributed by atoms with Gasteiger partial charge in [0.15, 0.2) is 10.7 Å². The number of benzene rings is 2. The van der Waals surface area contributed by atoms with Gasteiger partial charge in [-0.15, -0.1) is 0 Å². The van der Waals surface area contributed by atoms with Crippen LogP contribution in [0.25, 0.3) is 6.08 Å². The summed E-state index contributed by atoms with van der Waals surface area (Å²) in [5.41, 5.74) is 2.14. The lowest BCUT2D eigenvalue weighted by Gasteiger charge is -2.32. The van der Waals surface area contributed by atoms with Gasteiger partial charge in [-0.25, -0.2) is 4.99 Å². The van der Waals surface area contributed by atoms with Crippen LogP contribution in [0.5, 0.6) is 0 Å². The molecule has 10 heteroatoms. The van der Waals surface area contributed by atoms with Crippen molar-refractivity contribution in [1.29, 1.82) is 0 Å². The molecule has 4 heterocycles. The highest BCUT2D eigenvalue weighted by atomic mass is 35.5. The lowest BCUT2D eigenvalue weighted by atomic mass is 9.95. The number of nitrogens with zero attached hydrogens (tertiary/aromatic N) is 4. The van der Waals surface area contributed by atoms with Gasteiger partial charge in [0.05, 0.1) is 21.8 Å². The second-order valence-electron chi connectivity index (χ2n) is 9.92. The number of furan rings is 1. The number of fused-ring (bicyclic) bond motifs is 1. The van der Waals surface area contributed by atoms with E-state index in [4.69, 9.17) is 21.0 Å². The van der Waals surface area contributed by atoms with Gasteiger partial charge in [-0.05, 0) is 49.9 Å². The van der Waals surface area contributed by atoms with Crippen LogP contribution in [-0.4, -0.2) is 48.6 Å². The van der Waals surface area contributed by atoms with Crippen molar-refractivity contribution in [2.45, 2.75) is 13.0 Å². The summed E-state index contributed by atoms with van der Waals surface area (Å²) in [6.07, 6.45) is 1.76. The van der Waals surface area contributed by atoms with Gasteiger partial charge in [0.2, 0.25) is 0 Å². The minimum Gasteiger partial charge on any atom is -0.441 e. The van der Waals surface area contributed by atoms with Crippen LogP contribution < -0.4 is 25.1 Å². The van der Waals surface area contributed by atoms with E-state index in [1.165, 1.54) is 11.3 Å².